The van der Waals surface area contributed by atoms with E-state index in [-0.39, 0.29) is 0 Å². The van der Waals surface area contributed by atoms with E-state index in [4.69, 9.17) is 0 Å². The van der Waals surface area contributed by atoms with Crippen molar-refractivity contribution < 1.29 is 0 Å². The van der Waals surface area contributed by atoms with E-state index in [2.05, 4.69) is 0 Å². The zero-order chi connectivity index (χ0) is 22.7. The van der Waals surface area contributed by atoms with Gasteiger partial charge in [0.05, 0.1) is 0 Å². The van der Waals surface area contributed by atoms with Gasteiger partial charge in [0.15, 0.2) is 0 Å². The molecule has 2 aliphatic heterocycles. The van der Waals surface area contributed by atoms with Gasteiger partial charge in [0.2, 0.25) is 0 Å². The van der Waals surface area contributed by atoms with Crippen LogP contribution in [0.25, 0.3) is 0 Å². The maximum atomic E-state index is 1.75. The van der Waals surface area contributed by atoms with Crippen molar-refractivity contribution in [3.05, 3.63) is 0 Å². The first kappa shape index (κ1) is 25.2. The highest BCUT2D eigenvalue weighted by Gasteiger charge is 2.50. The zero-order valence-electron chi connectivity index (χ0n) is 22.5. The third kappa shape index (κ3) is 5.50. The highest BCUT2D eigenvalue weighted by Crippen LogP contribution is 2.71. The fourth-order valence-corrected chi connectivity index (χ4v) is 18.8. The maximum absolute atomic E-state index is 1.75. The third-order valence-electron chi connectivity index (χ3n) is 12.1. The van der Waals surface area contributed by atoms with Gasteiger partial charge >= 0.3 is 0 Å². The number of hydrogen-bond donors (Lipinski definition) is 0. The number of rotatable bonds is 7. The molecular weight excluding hydrogens is 446 g/mol. The van der Waals surface area contributed by atoms with Crippen molar-refractivity contribution in [3.8, 4) is 0 Å². The van der Waals surface area contributed by atoms with Gasteiger partial charge in [-0.25, -0.2) is 0 Å². The van der Waals surface area contributed by atoms with E-state index in [1.165, 1.54) is 22.6 Å². The molecule has 34 heavy (non-hydrogen) atoms. The van der Waals surface area contributed by atoms with E-state index in [1.54, 1.807) is 154 Å². The van der Waals surface area contributed by atoms with Crippen molar-refractivity contribution in [2.45, 2.75) is 164 Å². The minimum Gasteiger partial charge on any atom is -0.0994 e. The Kier molecular flexibility index (Phi) is 8.99. The molecule has 194 valence electrons. The summed E-state index contributed by atoms with van der Waals surface area (Å²) in [5, 5.41) is 0. The lowest BCUT2D eigenvalue weighted by Gasteiger charge is -2.57. The second-order valence-electron chi connectivity index (χ2n) is 13.8. The fraction of sp³-hybridized carbons (Fsp3) is 1.00. The largest absolute Gasteiger partial charge is 0.0994 e. The Balaban J connectivity index is 1.13. The first-order valence-corrected chi connectivity index (χ1v) is 19.7. The van der Waals surface area contributed by atoms with Crippen LogP contribution in [0.1, 0.15) is 141 Å². The molecule has 6 fully saturated rings. The van der Waals surface area contributed by atoms with Crippen molar-refractivity contribution in [2.24, 2.45) is 23.7 Å². The third-order valence-corrected chi connectivity index (χ3v) is 19.8. The van der Waals surface area contributed by atoms with Crippen LogP contribution in [0.5, 0.6) is 0 Å². The van der Waals surface area contributed by atoms with Gasteiger partial charge in [-0.1, -0.05) is 92.9 Å². The molecule has 0 aromatic heterocycles. The average molecular weight is 503 g/mol. The average Bonchev–Trinajstić information content (AvgIpc) is 2.88. The predicted octanol–water partition coefficient (Wildman–Crippen LogP) is 10.6. The smallest absolute Gasteiger partial charge is 0.0172 e. The van der Waals surface area contributed by atoms with Crippen LogP contribution in [0.2, 0.25) is 0 Å². The lowest BCUT2D eigenvalue weighted by atomic mass is 9.80. The molecule has 0 radical (unpaired) electrons. The molecule has 0 bridgehead atoms. The molecule has 6 aliphatic rings. The highest BCUT2D eigenvalue weighted by molar-refractivity contribution is 7.65. The van der Waals surface area contributed by atoms with Gasteiger partial charge in [0.1, 0.15) is 0 Å². The molecular formula is C32H56P2. The zero-order valence-corrected chi connectivity index (χ0v) is 24.3. The quantitative estimate of drug-likeness (QED) is 0.304. The van der Waals surface area contributed by atoms with Crippen LogP contribution in [0.4, 0.5) is 0 Å². The SMILES string of the molecule is C1CCC([C@@H]2C[C@@H](C3CCCCC3)P2CCP2[C@H](C3CCCCC3)C[C@H]2C2CCCCC2)CC1. The van der Waals surface area contributed by atoms with Gasteiger partial charge in [0, 0.05) is 0 Å². The second-order valence-corrected chi connectivity index (χ2v) is 19.4. The van der Waals surface area contributed by atoms with E-state index in [9.17, 15) is 0 Å². The van der Waals surface area contributed by atoms with Crippen molar-refractivity contribution in [1.29, 1.82) is 0 Å². The summed E-state index contributed by atoms with van der Waals surface area (Å²) in [6.07, 6.45) is 38.5. The maximum Gasteiger partial charge on any atom is -0.0172 e. The van der Waals surface area contributed by atoms with Gasteiger partial charge in [-0.2, -0.15) is 0 Å². The molecule has 2 heterocycles. The summed E-state index contributed by atoms with van der Waals surface area (Å²) in [5.74, 6) is 4.66. The lowest BCUT2D eigenvalue weighted by molar-refractivity contribution is 0.272. The Labute approximate surface area is 215 Å². The van der Waals surface area contributed by atoms with Crippen LogP contribution in [0, 0.1) is 23.7 Å². The highest BCUT2D eigenvalue weighted by atomic mass is 31.1. The van der Waals surface area contributed by atoms with Crippen LogP contribution in [-0.4, -0.2) is 35.0 Å². The van der Waals surface area contributed by atoms with Crippen molar-refractivity contribution in [1.82, 2.24) is 0 Å². The normalized spacial score (nSPS) is 38.5. The summed E-state index contributed by atoms with van der Waals surface area (Å²) < 4.78 is 0. The van der Waals surface area contributed by atoms with Crippen LogP contribution < -0.4 is 0 Å². The first-order valence-electron chi connectivity index (χ1n) is 16.4. The molecule has 4 atom stereocenters. The molecule has 0 aromatic rings. The van der Waals surface area contributed by atoms with E-state index >= 15 is 0 Å². The Bertz CT molecular complexity index is 507. The van der Waals surface area contributed by atoms with Gasteiger partial charge in [-0.05, 0) is 123 Å². The molecule has 0 N–H and O–H groups in total. The van der Waals surface area contributed by atoms with Gasteiger partial charge in [0.25, 0.3) is 0 Å². The van der Waals surface area contributed by atoms with E-state index < -0.39 is 0 Å². The monoisotopic (exact) mass is 502 g/mol. The van der Waals surface area contributed by atoms with E-state index in [1.807, 2.05) is 0 Å². The Hall–Kier alpha value is 0.860. The molecule has 0 spiro atoms. The summed E-state index contributed by atoms with van der Waals surface area (Å²) in [4.78, 5) is 0. The Morgan fingerprint density at radius 1 is 0.324 bits per heavy atom. The minimum atomic E-state index is 0.369. The fourth-order valence-electron chi connectivity index (χ4n) is 10.1. The van der Waals surface area contributed by atoms with Gasteiger partial charge in [-0.15, -0.1) is 0 Å². The van der Waals surface area contributed by atoms with Gasteiger partial charge in [-0.3, -0.25) is 0 Å². The van der Waals surface area contributed by atoms with Crippen molar-refractivity contribution in [2.75, 3.05) is 12.3 Å². The summed E-state index contributed by atoms with van der Waals surface area (Å²) in [7, 11) is 0.737. The summed E-state index contributed by atoms with van der Waals surface area (Å²) in [5.41, 5.74) is 4.89. The minimum absolute atomic E-state index is 0.369. The summed E-state index contributed by atoms with van der Waals surface area (Å²) in [6, 6.07) is 0. The Morgan fingerprint density at radius 3 is 0.794 bits per heavy atom. The molecule has 2 saturated heterocycles. The van der Waals surface area contributed by atoms with Crippen LogP contribution in [0.15, 0.2) is 0 Å². The second kappa shape index (κ2) is 12.1. The number of hydrogen-bond acceptors (Lipinski definition) is 0. The topological polar surface area (TPSA) is 0 Å². The molecule has 0 nitrogen and oxygen atoms in total. The van der Waals surface area contributed by atoms with Crippen LogP contribution in [0.3, 0.4) is 0 Å². The first-order chi connectivity index (χ1) is 16.9. The Morgan fingerprint density at radius 2 is 0.559 bits per heavy atom. The standard InChI is InChI=1S/C32H56P2/c1-5-13-25(14-6-1)29-23-30(26-15-7-2-8-16-26)33(29)21-22-34-31(27-17-9-3-10-18-27)24-32(34)28-19-11-4-12-20-28/h25-32H,1-24H2/t29-,30-,31-,32-/m0/s1. The van der Waals surface area contributed by atoms with Crippen molar-refractivity contribution >= 4 is 15.8 Å². The summed E-state index contributed by atoms with van der Waals surface area (Å²) in [6.45, 7) is 0. The van der Waals surface area contributed by atoms with Crippen molar-refractivity contribution in [3.63, 3.8) is 0 Å². The van der Waals surface area contributed by atoms with Gasteiger partial charge < -0.3 is 0 Å². The predicted molar refractivity (Wildman–Crippen MR) is 154 cm³/mol. The molecule has 4 aliphatic carbocycles. The van der Waals surface area contributed by atoms with Crippen LogP contribution in [-0.2, 0) is 0 Å². The molecule has 2 heteroatoms. The lowest BCUT2D eigenvalue weighted by Crippen LogP contribution is -2.45. The molecule has 4 saturated carbocycles. The van der Waals surface area contributed by atoms with E-state index in [0.717, 1.165) is 23.7 Å². The molecule has 0 amide bonds. The van der Waals surface area contributed by atoms with E-state index in [0.29, 0.717) is 15.8 Å². The molecule has 0 aromatic carbocycles. The summed E-state index contributed by atoms with van der Waals surface area (Å²) >= 11 is 0. The molecule has 6 rings (SSSR count). The van der Waals surface area contributed by atoms with Crippen LogP contribution >= 0.6 is 15.8 Å². The molecule has 0 unspecified atom stereocenters.